The lowest BCUT2D eigenvalue weighted by Crippen LogP contribution is -2.49. The van der Waals surface area contributed by atoms with Crippen molar-refractivity contribution >= 4 is 11.8 Å². The van der Waals surface area contributed by atoms with Gasteiger partial charge in [-0.3, -0.25) is 4.79 Å². The summed E-state index contributed by atoms with van der Waals surface area (Å²) in [6.45, 7) is 5.20. The Balaban J connectivity index is 3.02. The average molecular weight is 182 g/mol. The van der Waals surface area contributed by atoms with Crippen molar-refractivity contribution in [2.75, 3.05) is 0 Å². The Labute approximate surface area is 77.4 Å². The molecule has 0 aromatic carbocycles. The molecule has 0 aromatic heterocycles. The summed E-state index contributed by atoms with van der Waals surface area (Å²) in [4.78, 5) is 22.3. The Morgan fingerprint density at radius 3 is 2.62 bits per heavy atom. The Bertz CT molecular complexity index is 281. The van der Waals surface area contributed by atoms with Crippen molar-refractivity contribution in [3.63, 3.8) is 0 Å². The minimum Gasteiger partial charge on any atom is -0.331 e. The Hall–Kier alpha value is -1.32. The van der Waals surface area contributed by atoms with Crippen LogP contribution in [0, 0.1) is 0 Å². The molecule has 2 N–H and O–H groups in total. The van der Waals surface area contributed by atoms with Crippen molar-refractivity contribution in [1.29, 1.82) is 0 Å². The number of ketones is 1. The van der Waals surface area contributed by atoms with Crippen LogP contribution in [-0.2, 0) is 4.79 Å². The molecule has 1 atom stereocenters. The number of allylic oxidation sites excluding steroid dienone is 1. The van der Waals surface area contributed by atoms with Gasteiger partial charge in [-0.1, -0.05) is 6.92 Å². The van der Waals surface area contributed by atoms with E-state index in [0.717, 1.165) is 6.42 Å². The molecule has 2 amide bonds. The molecule has 1 rings (SSSR count). The first-order valence-electron chi connectivity index (χ1n) is 4.35. The summed E-state index contributed by atoms with van der Waals surface area (Å²) in [6, 6.07) is -0.361. The predicted molar refractivity (Wildman–Crippen MR) is 49.1 cm³/mol. The Morgan fingerprint density at radius 1 is 1.54 bits per heavy atom. The smallest absolute Gasteiger partial charge is 0.319 e. The summed E-state index contributed by atoms with van der Waals surface area (Å²) in [5, 5.41) is 5.28. The lowest BCUT2D eigenvalue weighted by Gasteiger charge is -2.26. The van der Waals surface area contributed by atoms with Crippen LogP contribution in [0.3, 0.4) is 0 Å². The van der Waals surface area contributed by atoms with Crippen LogP contribution in [0.5, 0.6) is 0 Å². The molecule has 1 heterocycles. The molecule has 1 aliphatic heterocycles. The molecule has 1 unspecified atom stereocenters. The maximum Gasteiger partial charge on any atom is 0.319 e. The van der Waals surface area contributed by atoms with E-state index in [1.165, 1.54) is 6.92 Å². The first kappa shape index (κ1) is 9.77. The van der Waals surface area contributed by atoms with E-state index in [0.29, 0.717) is 11.3 Å². The number of urea groups is 1. The zero-order valence-electron chi connectivity index (χ0n) is 8.10. The van der Waals surface area contributed by atoms with E-state index < -0.39 is 0 Å². The molecule has 72 valence electrons. The van der Waals surface area contributed by atoms with E-state index in [1.54, 1.807) is 6.92 Å². The summed E-state index contributed by atoms with van der Waals surface area (Å²) in [5.41, 5.74) is 1.35. The first-order chi connectivity index (χ1) is 6.06. The molecular formula is C9H14N2O2. The highest BCUT2D eigenvalue weighted by Crippen LogP contribution is 2.15. The van der Waals surface area contributed by atoms with E-state index in [9.17, 15) is 9.59 Å². The number of hydrogen-bond acceptors (Lipinski definition) is 2. The maximum absolute atomic E-state index is 11.2. The molecule has 0 bridgehead atoms. The number of hydrogen-bond donors (Lipinski definition) is 2. The highest BCUT2D eigenvalue weighted by molar-refractivity contribution is 5.98. The van der Waals surface area contributed by atoms with Gasteiger partial charge in [0.15, 0.2) is 5.78 Å². The molecule has 0 radical (unpaired) electrons. The third kappa shape index (κ3) is 1.88. The molecule has 0 saturated heterocycles. The second-order valence-corrected chi connectivity index (χ2v) is 3.15. The van der Waals surface area contributed by atoms with E-state index in [2.05, 4.69) is 10.6 Å². The molecule has 13 heavy (non-hydrogen) atoms. The topological polar surface area (TPSA) is 58.2 Å². The third-order valence-corrected chi connectivity index (χ3v) is 2.15. The van der Waals surface area contributed by atoms with Crippen LogP contribution in [0.1, 0.15) is 27.2 Å². The Kier molecular flexibility index (Phi) is 2.70. The molecule has 0 saturated carbocycles. The summed E-state index contributed by atoms with van der Waals surface area (Å²) in [7, 11) is 0. The molecule has 0 fully saturated rings. The number of carbonyl (C=O) groups is 2. The lowest BCUT2D eigenvalue weighted by molar-refractivity contribution is -0.114. The predicted octanol–water partition coefficient (Wildman–Crippen LogP) is 0.941. The van der Waals surface area contributed by atoms with Gasteiger partial charge in [0.2, 0.25) is 0 Å². The average Bonchev–Trinajstić information content (AvgIpc) is 2.01. The van der Waals surface area contributed by atoms with E-state index in [-0.39, 0.29) is 17.9 Å². The second kappa shape index (κ2) is 3.60. The minimum absolute atomic E-state index is 0.0110. The van der Waals surface area contributed by atoms with E-state index in [4.69, 9.17) is 0 Å². The van der Waals surface area contributed by atoms with Crippen molar-refractivity contribution in [2.45, 2.75) is 33.2 Å². The number of carbonyl (C=O) groups excluding carboxylic acids is 2. The minimum atomic E-state index is -0.227. The van der Waals surface area contributed by atoms with Crippen molar-refractivity contribution in [3.05, 3.63) is 11.3 Å². The highest BCUT2D eigenvalue weighted by atomic mass is 16.2. The van der Waals surface area contributed by atoms with E-state index >= 15 is 0 Å². The molecule has 4 heteroatoms. The fraction of sp³-hybridized carbons (Fsp3) is 0.556. The zero-order valence-corrected chi connectivity index (χ0v) is 8.10. The molecule has 0 aliphatic carbocycles. The molecular weight excluding hydrogens is 168 g/mol. The van der Waals surface area contributed by atoms with Crippen LogP contribution in [0.15, 0.2) is 11.3 Å². The van der Waals surface area contributed by atoms with Crippen LogP contribution in [-0.4, -0.2) is 17.9 Å². The van der Waals surface area contributed by atoms with Gasteiger partial charge in [-0.25, -0.2) is 4.79 Å². The van der Waals surface area contributed by atoms with Gasteiger partial charge in [-0.2, -0.15) is 0 Å². The quantitative estimate of drug-likeness (QED) is 0.667. The molecule has 1 aliphatic rings. The normalized spacial score (nSPS) is 22.4. The van der Waals surface area contributed by atoms with Crippen LogP contribution >= 0.6 is 0 Å². The van der Waals surface area contributed by atoms with Crippen LogP contribution in [0.2, 0.25) is 0 Å². The van der Waals surface area contributed by atoms with Crippen molar-refractivity contribution in [3.8, 4) is 0 Å². The largest absolute Gasteiger partial charge is 0.331 e. The standard InChI is InChI=1S/C9H14N2O2/c1-4-7-8(6(3)12)5(2)10-9(13)11-7/h7H,4H2,1-3H3,(H2,10,11,13). The van der Waals surface area contributed by atoms with Gasteiger partial charge in [0, 0.05) is 11.3 Å². The van der Waals surface area contributed by atoms with Gasteiger partial charge < -0.3 is 10.6 Å². The summed E-state index contributed by atoms with van der Waals surface area (Å²) >= 11 is 0. The monoisotopic (exact) mass is 182 g/mol. The number of rotatable bonds is 2. The number of nitrogens with one attached hydrogen (secondary N) is 2. The van der Waals surface area contributed by atoms with Gasteiger partial charge in [-0.15, -0.1) is 0 Å². The molecule has 0 spiro atoms. The third-order valence-electron chi connectivity index (χ3n) is 2.15. The first-order valence-corrected chi connectivity index (χ1v) is 4.35. The van der Waals surface area contributed by atoms with Gasteiger partial charge in [0.1, 0.15) is 0 Å². The maximum atomic E-state index is 11.2. The summed E-state index contributed by atoms with van der Waals surface area (Å²) in [5.74, 6) is 0.0110. The summed E-state index contributed by atoms with van der Waals surface area (Å²) in [6.07, 6.45) is 0.736. The number of amides is 2. The van der Waals surface area contributed by atoms with Crippen molar-refractivity contribution < 1.29 is 9.59 Å². The van der Waals surface area contributed by atoms with Crippen molar-refractivity contribution in [1.82, 2.24) is 10.6 Å². The SMILES string of the molecule is CCC1NC(=O)NC(C)=C1C(C)=O. The van der Waals surface area contributed by atoms with Gasteiger partial charge in [0.05, 0.1) is 6.04 Å². The fourth-order valence-electron chi connectivity index (χ4n) is 1.58. The second-order valence-electron chi connectivity index (χ2n) is 3.15. The summed E-state index contributed by atoms with van der Waals surface area (Å²) < 4.78 is 0. The molecule has 0 aromatic rings. The van der Waals surface area contributed by atoms with Crippen LogP contribution in [0.4, 0.5) is 4.79 Å². The van der Waals surface area contributed by atoms with Crippen molar-refractivity contribution in [2.24, 2.45) is 0 Å². The zero-order chi connectivity index (χ0) is 10.0. The molecule has 4 nitrogen and oxygen atoms in total. The van der Waals surface area contributed by atoms with Gasteiger partial charge in [0.25, 0.3) is 0 Å². The van der Waals surface area contributed by atoms with Crippen LogP contribution < -0.4 is 10.6 Å². The fourth-order valence-corrected chi connectivity index (χ4v) is 1.58. The number of Topliss-reactive ketones (excluding diaryl/α,β-unsaturated/α-hetero) is 1. The van der Waals surface area contributed by atoms with Crippen LogP contribution in [0.25, 0.3) is 0 Å². The van der Waals surface area contributed by atoms with Gasteiger partial charge in [-0.05, 0) is 20.3 Å². The highest BCUT2D eigenvalue weighted by Gasteiger charge is 2.25. The lowest BCUT2D eigenvalue weighted by atomic mass is 9.98. The van der Waals surface area contributed by atoms with Gasteiger partial charge >= 0.3 is 6.03 Å². The Morgan fingerprint density at radius 2 is 2.15 bits per heavy atom. The van der Waals surface area contributed by atoms with E-state index in [1.807, 2.05) is 6.92 Å².